The van der Waals surface area contributed by atoms with Gasteiger partial charge in [-0.15, -0.1) is 0 Å². The van der Waals surface area contributed by atoms with Gasteiger partial charge in [0.25, 0.3) is 0 Å². The van der Waals surface area contributed by atoms with Crippen LogP contribution in [0.3, 0.4) is 0 Å². The third kappa shape index (κ3) is 5.94. The lowest BCUT2D eigenvalue weighted by molar-refractivity contribution is -0.136. The normalized spacial score (nSPS) is 11.5. The summed E-state index contributed by atoms with van der Waals surface area (Å²) in [5.41, 5.74) is 1.48. The predicted octanol–water partition coefficient (Wildman–Crippen LogP) is 3.32. The Morgan fingerprint density at radius 3 is 2.43 bits per heavy atom. The number of ether oxygens (including phenoxy) is 4. The van der Waals surface area contributed by atoms with Gasteiger partial charge >= 0.3 is 5.97 Å². The number of rotatable bonds is 9. The Morgan fingerprint density at radius 1 is 1.13 bits per heavy atom. The maximum absolute atomic E-state index is 11.8. The summed E-state index contributed by atoms with van der Waals surface area (Å²) in [4.78, 5) is 11.8. The standard InChI is InChI=1S/C18H26O5/c1-13(2)15(18(19)22-5)11-14-7-8-16(21-4)17(12-14)23-10-6-9-20-3/h7-8,11-13H,6,9-10H2,1-5H3/b15-11+. The molecule has 5 heteroatoms. The molecule has 0 aromatic heterocycles. The van der Waals surface area contributed by atoms with Gasteiger partial charge in [0.1, 0.15) is 0 Å². The summed E-state index contributed by atoms with van der Waals surface area (Å²) in [6, 6.07) is 5.57. The van der Waals surface area contributed by atoms with E-state index in [1.165, 1.54) is 7.11 Å². The Labute approximate surface area is 138 Å². The number of esters is 1. The Hall–Kier alpha value is -2.01. The van der Waals surface area contributed by atoms with E-state index in [2.05, 4.69) is 0 Å². The maximum atomic E-state index is 11.8. The average molecular weight is 322 g/mol. The van der Waals surface area contributed by atoms with Gasteiger partial charge in [-0.1, -0.05) is 19.9 Å². The molecule has 0 fully saturated rings. The highest BCUT2D eigenvalue weighted by Gasteiger charge is 2.14. The molecule has 0 spiro atoms. The van der Waals surface area contributed by atoms with Crippen LogP contribution in [-0.2, 0) is 14.3 Å². The molecule has 0 aliphatic heterocycles. The Morgan fingerprint density at radius 2 is 1.87 bits per heavy atom. The summed E-state index contributed by atoms with van der Waals surface area (Å²) in [5, 5.41) is 0. The monoisotopic (exact) mass is 322 g/mol. The van der Waals surface area contributed by atoms with E-state index in [0.717, 1.165) is 12.0 Å². The molecule has 0 saturated heterocycles. The van der Waals surface area contributed by atoms with Crippen molar-refractivity contribution in [3.8, 4) is 11.5 Å². The van der Waals surface area contributed by atoms with Gasteiger partial charge in [0.05, 0.1) is 20.8 Å². The lowest BCUT2D eigenvalue weighted by atomic mass is 10.0. The molecule has 0 bridgehead atoms. The first-order valence-corrected chi connectivity index (χ1v) is 7.63. The molecule has 1 aromatic carbocycles. The van der Waals surface area contributed by atoms with Crippen LogP contribution < -0.4 is 9.47 Å². The van der Waals surface area contributed by atoms with E-state index >= 15 is 0 Å². The highest BCUT2D eigenvalue weighted by Crippen LogP contribution is 2.29. The molecule has 128 valence electrons. The summed E-state index contributed by atoms with van der Waals surface area (Å²) in [5.74, 6) is 1.04. The molecular formula is C18H26O5. The van der Waals surface area contributed by atoms with Crippen LogP contribution in [0.25, 0.3) is 6.08 Å². The lowest BCUT2D eigenvalue weighted by Crippen LogP contribution is -2.10. The van der Waals surface area contributed by atoms with Gasteiger partial charge in [-0.2, -0.15) is 0 Å². The lowest BCUT2D eigenvalue weighted by Gasteiger charge is -2.13. The third-order valence-electron chi connectivity index (χ3n) is 3.30. The number of benzene rings is 1. The van der Waals surface area contributed by atoms with Crippen molar-refractivity contribution in [1.82, 2.24) is 0 Å². The van der Waals surface area contributed by atoms with E-state index in [9.17, 15) is 4.79 Å². The van der Waals surface area contributed by atoms with E-state index in [0.29, 0.717) is 30.3 Å². The Balaban J connectivity index is 3.01. The van der Waals surface area contributed by atoms with Crippen molar-refractivity contribution in [2.45, 2.75) is 20.3 Å². The second kappa shape index (κ2) is 9.90. The van der Waals surface area contributed by atoms with Crippen molar-refractivity contribution >= 4 is 12.0 Å². The van der Waals surface area contributed by atoms with Crippen LogP contribution in [0.5, 0.6) is 11.5 Å². The minimum atomic E-state index is -0.321. The second-order valence-electron chi connectivity index (χ2n) is 5.35. The molecular weight excluding hydrogens is 296 g/mol. The van der Waals surface area contributed by atoms with Crippen molar-refractivity contribution < 1.29 is 23.7 Å². The largest absolute Gasteiger partial charge is 0.493 e. The fourth-order valence-corrected chi connectivity index (χ4v) is 2.04. The smallest absolute Gasteiger partial charge is 0.334 e. The first kappa shape index (κ1) is 19.0. The zero-order valence-corrected chi connectivity index (χ0v) is 14.5. The Bertz CT molecular complexity index is 534. The number of hydrogen-bond donors (Lipinski definition) is 0. The Kier molecular flexibility index (Phi) is 8.19. The van der Waals surface area contributed by atoms with Crippen LogP contribution in [0.2, 0.25) is 0 Å². The molecule has 0 radical (unpaired) electrons. The van der Waals surface area contributed by atoms with Crippen molar-refractivity contribution in [2.24, 2.45) is 5.92 Å². The SMILES string of the molecule is COCCCOc1cc(/C=C(/C(=O)OC)C(C)C)ccc1OC. The van der Waals surface area contributed by atoms with Crippen molar-refractivity contribution in [3.63, 3.8) is 0 Å². The minimum Gasteiger partial charge on any atom is -0.493 e. The molecule has 5 nitrogen and oxygen atoms in total. The van der Waals surface area contributed by atoms with Crippen molar-refractivity contribution in [2.75, 3.05) is 34.5 Å². The number of methoxy groups -OCH3 is 3. The summed E-state index contributed by atoms with van der Waals surface area (Å²) < 4.78 is 20.9. The molecule has 0 aliphatic rings. The summed E-state index contributed by atoms with van der Waals surface area (Å²) >= 11 is 0. The van der Waals surface area contributed by atoms with Crippen molar-refractivity contribution in [1.29, 1.82) is 0 Å². The first-order chi connectivity index (χ1) is 11.0. The zero-order valence-electron chi connectivity index (χ0n) is 14.5. The maximum Gasteiger partial charge on any atom is 0.334 e. The highest BCUT2D eigenvalue weighted by atomic mass is 16.5. The number of carbonyl (C=O) groups is 1. The third-order valence-corrected chi connectivity index (χ3v) is 3.30. The van der Waals surface area contributed by atoms with Crippen LogP contribution in [-0.4, -0.2) is 40.5 Å². The first-order valence-electron chi connectivity index (χ1n) is 7.63. The van der Waals surface area contributed by atoms with Crippen molar-refractivity contribution in [3.05, 3.63) is 29.3 Å². The average Bonchev–Trinajstić information content (AvgIpc) is 2.55. The minimum absolute atomic E-state index is 0.0654. The molecule has 0 N–H and O–H groups in total. The quantitative estimate of drug-likeness (QED) is 0.396. The number of carbonyl (C=O) groups excluding carboxylic acids is 1. The summed E-state index contributed by atoms with van der Waals surface area (Å²) in [7, 11) is 4.64. The van der Waals surface area contributed by atoms with E-state index in [4.69, 9.17) is 18.9 Å². The molecule has 1 aromatic rings. The van der Waals surface area contributed by atoms with E-state index < -0.39 is 0 Å². The summed E-state index contributed by atoms with van der Waals surface area (Å²) in [6.07, 6.45) is 2.61. The van der Waals surface area contributed by atoms with Gasteiger partial charge in [0.2, 0.25) is 0 Å². The molecule has 1 rings (SSSR count). The van der Waals surface area contributed by atoms with Crippen LogP contribution in [0, 0.1) is 5.92 Å². The molecule has 23 heavy (non-hydrogen) atoms. The summed E-state index contributed by atoms with van der Waals surface area (Å²) in [6.45, 7) is 5.08. The molecule has 0 saturated carbocycles. The highest BCUT2D eigenvalue weighted by molar-refractivity contribution is 5.94. The fraction of sp³-hybridized carbons (Fsp3) is 0.500. The molecule has 0 atom stereocenters. The van der Waals surface area contributed by atoms with E-state index in [1.54, 1.807) is 14.2 Å². The van der Waals surface area contributed by atoms with Gasteiger partial charge in [-0.3, -0.25) is 0 Å². The van der Waals surface area contributed by atoms with Gasteiger partial charge < -0.3 is 18.9 Å². The molecule has 0 aliphatic carbocycles. The fourth-order valence-electron chi connectivity index (χ4n) is 2.04. The molecule has 0 unspecified atom stereocenters. The van der Waals surface area contributed by atoms with Crippen LogP contribution in [0.4, 0.5) is 0 Å². The van der Waals surface area contributed by atoms with Gasteiger partial charge in [0, 0.05) is 25.7 Å². The van der Waals surface area contributed by atoms with E-state index in [-0.39, 0.29) is 11.9 Å². The van der Waals surface area contributed by atoms with Crippen LogP contribution in [0.1, 0.15) is 25.8 Å². The van der Waals surface area contributed by atoms with Gasteiger partial charge in [0.15, 0.2) is 11.5 Å². The second-order valence-corrected chi connectivity index (χ2v) is 5.35. The topological polar surface area (TPSA) is 54.0 Å². The molecule has 0 heterocycles. The van der Waals surface area contributed by atoms with E-state index in [1.807, 2.05) is 38.1 Å². The van der Waals surface area contributed by atoms with Crippen LogP contribution >= 0.6 is 0 Å². The van der Waals surface area contributed by atoms with Crippen LogP contribution in [0.15, 0.2) is 23.8 Å². The van der Waals surface area contributed by atoms with Gasteiger partial charge in [-0.25, -0.2) is 4.79 Å². The van der Waals surface area contributed by atoms with Gasteiger partial charge in [-0.05, 0) is 29.7 Å². The zero-order chi connectivity index (χ0) is 17.2. The molecule has 0 amide bonds. The number of hydrogen-bond acceptors (Lipinski definition) is 5. The predicted molar refractivity (Wildman–Crippen MR) is 89.8 cm³/mol.